The zero-order valence-corrected chi connectivity index (χ0v) is 20.8. The van der Waals surface area contributed by atoms with Crippen LogP contribution in [-0.2, 0) is 22.7 Å². The molecule has 0 atom stereocenters. The summed E-state index contributed by atoms with van der Waals surface area (Å²) < 4.78 is 12.5. The second-order valence-electron chi connectivity index (χ2n) is 7.20. The third-order valence-corrected chi connectivity index (χ3v) is 7.00. The number of ether oxygens (including phenoxy) is 2. The number of anilines is 1. The lowest BCUT2D eigenvalue weighted by Gasteiger charge is -2.09. The fourth-order valence-corrected chi connectivity index (χ4v) is 5.06. The minimum Gasteiger partial charge on any atom is -0.486 e. The summed E-state index contributed by atoms with van der Waals surface area (Å²) in [6.45, 7) is 6.36. The number of methoxy groups -OCH3 is 1. The number of aryl methyl sites for hydroxylation is 1. The van der Waals surface area contributed by atoms with E-state index in [4.69, 9.17) is 15.2 Å². The molecule has 0 saturated carbocycles. The molecule has 1 aromatic carbocycles. The fraction of sp³-hybridized carbons (Fsp3) is 0.318. The van der Waals surface area contributed by atoms with Crippen molar-refractivity contribution in [2.75, 3.05) is 18.2 Å². The Morgan fingerprint density at radius 3 is 2.65 bits per heavy atom. The normalized spacial score (nSPS) is 10.7. The van der Waals surface area contributed by atoms with Crippen LogP contribution in [0.15, 0.2) is 29.4 Å². The highest BCUT2D eigenvalue weighted by atomic mass is 32.2. The third kappa shape index (κ3) is 5.75. The Hall–Kier alpha value is -3.38. The van der Waals surface area contributed by atoms with Crippen LogP contribution in [-0.4, -0.2) is 45.4 Å². The maximum atomic E-state index is 12.6. The minimum absolute atomic E-state index is 0.0142. The molecule has 3 aromatic rings. The van der Waals surface area contributed by atoms with Crippen molar-refractivity contribution in [2.24, 2.45) is 5.73 Å². The van der Waals surface area contributed by atoms with E-state index in [1.807, 2.05) is 42.7 Å². The van der Waals surface area contributed by atoms with Crippen LogP contribution in [0.25, 0.3) is 0 Å². The number of benzene rings is 1. The van der Waals surface area contributed by atoms with Gasteiger partial charge in [0.15, 0.2) is 11.0 Å². The first-order valence-corrected chi connectivity index (χ1v) is 12.1. The van der Waals surface area contributed by atoms with E-state index in [9.17, 15) is 14.4 Å². The number of primary amides is 1. The van der Waals surface area contributed by atoms with Crippen molar-refractivity contribution in [1.82, 2.24) is 14.8 Å². The number of carbonyl (C=O) groups excluding carboxylic acids is 3. The molecule has 0 spiro atoms. The standard InChI is InChI=1S/C22H25N5O5S2/c1-5-27-15(10-32-14-8-6-7-12(2)9-14)25-26-22(27)33-11-16(28)24-20-17(21(30)31-4)13(3)18(34-20)19(23)29/h6-9H,5,10-11H2,1-4H3,(H2,23,29)(H,24,28). The first-order chi connectivity index (χ1) is 16.2. The molecule has 3 rings (SSSR count). The van der Waals surface area contributed by atoms with Gasteiger partial charge in [-0.3, -0.25) is 9.59 Å². The molecule has 0 fully saturated rings. The Bertz CT molecular complexity index is 1220. The molecule has 2 aromatic heterocycles. The molecule has 10 nitrogen and oxygen atoms in total. The molecule has 0 aliphatic rings. The lowest BCUT2D eigenvalue weighted by Crippen LogP contribution is -2.16. The average Bonchev–Trinajstić information content (AvgIpc) is 3.35. The molecule has 180 valence electrons. The molecule has 0 aliphatic heterocycles. The molecule has 0 radical (unpaired) electrons. The number of nitrogens with two attached hydrogens (primary N) is 1. The number of esters is 1. The number of carbonyl (C=O) groups is 3. The van der Waals surface area contributed by atoms with Crippen LogP contribution >= 0.6 is 23.1 Å². The van der Waals surface area contributed by atoms with E-state index in [2.05, 4.69) is 15.5 Å². The van der Waals surface area contributed by atoms with Crippen molar-refractivity contribution in [1.29, 1.82) is 0 Å². The van der Waals surface area contributed by atoms with Crippen LogP contribution in [0, 0.1) is 13.8 Å². The quantitative estimate of drug-likeness (QED) is 0.318. The summed E-state index contributed by atoms with van der Waals surface area (Å²) in [5.41, 5.74) is 6.96. The van der Waals surface area contributed by atoms with Gasteiger partial charge in [0.25, 0.3) is 5.91 Å². The van der Waals surface area contributed by atoms with Crippen molar-refractivity contribution in [2.45, 2.75) is 39.1 Å². The second kappa shape index (κ2) is 11.2. The zero-order chi connectivity index (χ0) is 24.8. The van der Waals surface area contributed by atoms with Gasteiger partial charge in [0.2, 0.25) is 5.91 Å². The van der Waals surface area contributed by atoms with Crippen LogP contribution in [0.4, 0.5) is 5.00 Å². The molecular formula is C22H25N5O5S2. The fourth-order valence-electron chi connectivity index (χ4n) is 3.18. The summed E-state index contributed by atoms with van der Waals surface area (Å²) in [6, 6.07) is 7.72. The number of hydrogen-bond donors (Lipinski definition) is 2. The molecule has 2 amide bonds. The maximum Gasteiger partial charge on any atom is 0.341 e. The predicted octanol–water partition coefficient (Wildman–Crippen LogP) is 3.17. The monoisotopic (exact) mass is 503 g/mol. The number of hydrogen-bond acceptors (Lipinski definition) is 9. The van der Waals surface area contributed by atoms with E-state index < -0.39 is 11.9 Å². The lowest BCUT2D eigenvalue weighted by atomic mass is 10.1. The first-order valence-electron chi connectivity index (χ1n) is 10.3. The van der Waals surface area contributed by atoms with Gasteiger partial charge in [-0.2, -0.15) is 0 Å². The summed E-state index contributed by atoms with van der Waals surface area (Å²) in [5, 5.41) is 11.8. The Morgan fingerprint density at radius 1 is 1.24 bits per heavy atom. The maximum absolute atomic E-state index is 12.6. The van der Waals surface area contributed by atoms with Gasteiger partial charge in [-0.15, -0.1) is 21.5 Å². The van der Waals surface area contributed by atoms with Crippen LogP contribution in [0.3, 0.4) is 0 Å². The van der Waals surface area contributed by atoms with Crippen LogP contribution in [0.1, 0.15) is 43.9 Å². The number of thioether (sulfide) groups is 1. The van der Waals surface area contributed by atoms with Gasteiger partial charge >= 0.3 is 5.97 Å². The highest BCUT2D eigenvalue weighted by Crippen LogP contribution is 2.33. The highest BCUT2D eigenvalue weighted by molar-refractivity contribution is 7.99. The molecule has 12 heteroatoms. The largest absolute Gasteiger partial charge is 0.486 e. The smallest absolute Gasteiger partial charge is 0.341 e. The number of nitrogens with one attached hydrogen (secondary N) is 1. The third-order valence-electron chi connectivity index (χ3n) is 4.81. The Kier molecular flexibility index (Phi) is 8.29. The zero-order valence-electron chi connectivity index (χ0n) is 19.2. The van der Waals surface area contributed by atoms with Gasteiger partial charge in [0.1, 0.15) is 17.4 Å². The van der Waals surface area contributed by atoms with Crippen molar-refractivity contribution in [3.63, 3.8) is 0 Å². The van der Waals surface area contributed by atoms with Crippen molar-refractivity contribution >= 4 is 45.9 Å². The summed E-state index contributed by atoms with van der Waals surface area (Å²) >= 11 is 2.14. The van der Waals surface area contributed by atoms with Gasteiger partial charge in [-0.25, -0.2) is 4.79 Å². The van der Waals surface area contributed by atoms with Gasteiger partial charge in [-0.1, -0.05) is 23.9 Å². The predicted molar refractivity (Wildman–Crippen MR) is 129 cm³/mol. The molecule has 0 aliphatic carbocycles. The van der Waals surface area contributed by atoms with Gasteiger partial charge in [-0.05, 0) is 44.0 Å². The number of aromatic nitrogens is 3. The van der Waals surface area contributed by atoms with E-state index in [1.54, 1.807) is 6.92 Å². The van der Waals surface area contributed by atoms with Crippen LogP contribution in [0.2, 0.25) is 0 Å². The summed E-state index contributed by atoms with van der Waals surface area (Å²) in [5.74, 6) is -0.328. The molecule has 0 unspecified atom stereocenters. The molecule has 0 saturated heterocycles. The van der Waals surface area contributed by atoms with E-state index in [1.165, 1.54) is 18.9 Å². The molecule has 34 heavy (non-hydrogen) atoms. The molecule has 0 bridgehead atoms. The van der Waals surface area contributed by atoms with Gasteiger partial charge in [0, 0.05) is 6.54 Å². The summed E-state index contributed by atoms with van der Waals surface area (Å²) in [6.07, 6.45) is 0. The Morgan fingerprint density at radius 2 is 2.00 bits per heavy atom. The molecule has 2 heterocycles. The van der Waals surface area contributed by atoms with E-state index >= 15 is 0 Å². The Balaban J connectivity index is 1.67. The number of amides is 2. The van der Waals surface area contributed by atoms with Crippen LogP contribution in [0.5, 0.6) is 5.75 Å². The summed E-state index contributed by atoms with van der Waals surface area (Å²) in [4.78, 5) is 36.6. The molecule has 3 N–H and O–H groups in total. The van der Waals surface area contributed by atoms with Crippen molar-refractivity contribution < 1.29 is 23.9 Å². The second-order valence-corrected chi connectivity index (χ2v) is 9.16. The SMILES string of the molecule is CCn1c(COc2cccc(C)c2)nnc1SCC(=O)Nc1sc(C(N)=O)c(C)c1C(=O)OC. The first kappa shape index (κ1) is 25.2. The van der Waals surface area contributed by atoms with Gasteiger partial charge < -0.3 is 25.1 Å². The minimum atomic E-state index is -0.681. The van der Waals surface area contributed by atoms with E-state index in [0.29, 0.717) is 23.1 Å². The number of rotatable bonds is 10. The van der Waals surface area contributed by atoms with E-state index in [-0.39, 0.29) is 33.7 Å². The Labute approximate surface area is 204 Å². The summed E-state index contributed by atoms with van der Waals surface area (Å²) in [7, 11) is 1.22. The highest BCUT2D eigenvalue weighted by Gasteiger charge is 2.25. The number of nitrogens with zero attached hydrogens (tertiary/aromatic N) is 3. The number of thiophene rings is 1. The van der Waals surface area contributed by atoms with Crippen molar-refractivity contribution in [3.05, 3.63) is 51.7 Å². The topological polar surface area (TPSA) is 138 Å². The molecular weight excluding hydrogens is 478 g/mol. The van der Waals surface area contributed by atoms with E-state index in [0.717, 1.165) is 22.6 Å². The van der Waals surface area contributed by atoms with Crippen molar-refractivity contribution in [3.8, 4) is 5.75 Å². The van der Waals surface area contributed by atoms with Crippen LogP contribution < -0.4 is 15.8 Å². The lowest BCUT2D eigenvalue weighted by molar-refractivity contribution is -0.113. The average molecular weight is 504 g/mol. The van der Waals surface area contributed by atoms with Gasteiger partial charge in [0.05, 0.1) is 23.3 Å².